The predicted molar refractivity (Wildman–Crippen MR) is 103 cm³/mol. The number of hydrogen-bond donors (Lipinski definition) is 3. The maximum atomic E-state index is 12.9. The van der Waals surface area contributed by atoms with Crippen LogP contribution in [-0.2, 0) is 5.60 Å². The molecule has 0 radical (unpaired) electrons. The second-order valence-corrected chi connectivity index (χ2v) is 6.32. The molecule has 0 aliphatic heterocycles. The highest BCUT2D eigenvalue weighted by atomic mass is 127. The van der Waals surface area contributed by atoms with Crippen LogP contribution in [-0.4, -0.2) is 23.7 Å². The molecule has 1 atom stereocenters. The summed E-state index contributed by atoms with van der Waals surface area (Å²) in [7, 11) is 0. The molecular weight excluding hydrogens is 408 g/mol. The lowest BCUT2D eigenvalue weighted by Crippen LogP contribution is -2.40. The van der Waals surface area contributed by atoms with Gasteiger partial charge in [-0.15, -0.1) is 24.0 Å². The molecule has 4 N–H and O–H groups in total. The van der Waals surface area contributed by atoms with Crippen molar-refractivity contribution in [2.75, 3.05) is 6.54 Å². The summed E-state index contributed by atoms with van der Waals surface area (Å²) >= 11 is 0. The van der Waals surface area contributed by atoms with Crippen molar-refractivity contribution in [2.24, 2.45) is 10.7 Å². The van der Waals surface area contributed by atoms with E-state index in [1.807, 2.05) is 0 Å². The standard InChI is InChI=1S/C17H26FN3O.HI/c1-17(22,13-8-10-14(18)11-9-13)12-20-16(19)21-15-6-4-2-3-5-7-15;/h8-11,15,22H,2-7,12H2,1H3,(H3,19,20,21);1H. The maximum absolute atomic E-state index is 12.9. The third-order valence-corrected chi connectivity index (χ3v) is 4.23. The van der Waals surface area contributed by atoms with Crippen molar-refractivity contribution in [1.82, 2.24) is 5.32 Å². The summed E-state index contributed by atoms with van der Waals surface area (Å²) in [5.41, 5.74) is 5.39. The summed E-state index contributed by atoms with van der Waals surface area (Å²) in [5, 5.41) is 13.7. The zero-order valence-electron chi connectivity index (χ0n) is 13.6. The molecule has 1 aliphatic carbocycles. The molecule has 0 heterocycles. The van der Waals surface area contributed by atoms with Crippen LogP contribution < -0.4 is 11.1 Å². The highest BCUT2D eigenvalue weighted by Gasteiger charge is 2.23. The smallest absolute Gasteiger partial charge is 0.188 e. The molecule has 1 aromatic rings. The first-order chi connectivity index (χ1) is 10.5. The van der Waals surface area contributed by atoms with E-state index in [1.165, 1.54) is 37.8 Å². The second-order valence-electron chi connectivity index (χ2n) is 6.32. The molecule has 0 saturated heterocycles. The molecule has 23 heavy (non-hydrogen) atoms. The van der Waals surface area contributed by atoms with Gasteiger partial charge in [-0.3, -0.25) is 4.99 Å². The van der Waals surface area contributed by atoms with Crippen LogP contribution in [0.3, 0.4) is 0 Å². The van der Waals surface area contributed by atoms with E-state index in [2.05, 4.69) is 10.3 Å². The van der Waals surface area contributed by atoms with Gasteiger partial charge in [-0.1, -0.05) is 37.8 Å². The number of aliphatic hydroxyl groups is 1. The van der Waals surface area contributed by atoms with Crippen molar-refractivity contribution >= 4 is 29.9 Å². The van der Waals surface area contributed by atoms with Crippen molar-refractivity contribution in [1.29, 1.82) is 0 Å². The third-order valence-electron chi connectivity index (χ3n) is 4.23. The van der Waals surface area contributed by atoms with Gasteiger partial charge in [-0.05, 0) is 37.5 Å². The van der Waals surface area contributed by atoms with Crippen molar-refractivity contribution in [3.63, 3.8) is 0 Å². The number of hydrogen-bond acceptors (Lipinski definition) is 2. The average molecular weight is 435 g/mol. The van der Waals surface area contributed by atoms with Crippen molar-refractivity contribution in [3.05, 3.63) is 35.6 Å². The molecule has 0 aromatic heterocycles. The van der Waals surface area contributed by atoms with Gasteiger partial charge < -0.3 is 16.2 Å². The molecule has 0 amide bonds. The summed E-state index contributed by atoms with van der Waals surface area (Å²) in [6.45, 7) is 1.80. The van der Waals surface area contributed by atoms with Gasteiger partial charge in [0, 0.05) is 6.04 Å². The first-order valence-corrected chi connectivity index (χ1v) is 8.02. The van der Waals surface area contributed by atoms with Crippen LogP contribution >= 0.6 is 24.0 Å². The summed E-state index contributed by atoms with van der Waals surface area (Å²) < 4.78 is 12.9. The number of nitrogens with two attached hydrogens (primary N) is 1. The van der Waals surface area contributed by atoms with E-state index in [-0.39, 0.29) is 36.3 Å². The Morgan fingerprint density at radius 2 is 1.83 bits per heavy atom. The Balaban J connectivity index is 0.00000264. The lowest BCUT2D eigenvalue weighted by molar-refractivity contribution is 0.0672. The van der Waals surface area contributed by atoms with E-state index in [1.54, 1.807) is 19.1 Å². The van der Waals surface area contributed by atoms with E-state index in [0.717, 1.165) is 12.8 Å². The Kier molecular flexibility index (Phi) is 8.25. The number of rotatable bonds is 4. The lowest BCUT2D eigenvalue weighted by atomic mass is 9.96. The van der Waals surface area contributed by atoms with Gasteiger partial charge in [-0.25, -0.2) is 4.39 Å². The number of halogens is 2. The monoisotopic (exact) mass is 435 g/mol. The van der Waals surface area contributed by atoms with Gasteiger partial charge in [0.05, 0.1) is 6.54 Å². The minimum Gasteiger partial charge on any atom is -0.384 e. The van der Waals surface area contributed by atoms with Crippen LogP contribution in [0.15, 0.2) is 29.3 Å². The lowest BCUT2D eigenvalue weighted by Gasteiger charge is -2.23. The molecule has 130 valence electrons. The fourth-order valence-electron chi connectivity index (χ4n) is 2.82. The molecule has 1 saturated carbocycles. The van der Waals surface area contributed by atoms with Crippen LogP contribution in [0.25, 0.3) is 0 Å². The summed E-state index contributed by atoms with van der Waals surface area (Å²) in [6.07, 6.45) is 7.24. The molecule has 1 unspecified atom stereocenters. The second kappa shape index (κ2) is 9.42. The SMILES string of the molecule is CC(O)(CN=C(N)NC1CCCCCC1)c1ccc(F)cc1.I. The minimum atomic E-state index is -1.16. The zero-order chi connectivity index (χ0) is 16.0. The average Bonchev–Trinajstić information content (AvgIpc) is 2.74. The molecule has 6 heteroatoms. The van der Waals surface area contributed by atoms with E-state index in [0.29, 0.717) is 17.6 Å². The van der Waals surface area contributed by atoms with Gasteiger partial charge in [-0.2, -0.15) is 0 Å². The quantitative estimate of drug-likeness (QED) is 0.294. The van der Waals surface area contributed by atoms with E-state index in [9.17, 15) is 9.50 Å². The van der Waals surface area contributed by atoms with Crippen LogP contribution in [0.4, 0.5) is 4.39 Å². The van der Waals surface area contributed by atoms with Crippen LogP contribution in [0, 0.1) is 5.82 Å². The normalized spacial score (nSPS) is 19.3. The Hall–Kier alpha value is -0.890. The molecule has 1 aromatic carbocycles. The van der Waals surface area contributed by atoms with Crippen molar-refractivity contribution < 1.29 is 9.50 Å². The predicted octanol–water partition coefficient (Wildman–Crippen LogP) is 3.28. The molecule has 1 fully saturated rings. The molecule has 0 bridgehead atoms. The third kappa shape index (κ3) is 6.63. The number of guanidine groups is 1. The summed E-state index contributed by atoms with van der Waals surface area (Å²) in [4.78, 5) is 4.26. The van der Waals surface area contributed by atoms with Crippen LogP contribution in [0.5, 0.6) is 0 Å². The van der Waals surface area contributed by atoms with E-state index in [4.69, 9.17) is 5.73 Å². The van der Waals surface area contributed by atoms with Gasteiger partial charge in [0.1, 0.15) is 11.4 Å². The number of nitrogens with one attached hydrogen (secondary N) is 1. The Morgan fingerprint density at radius 1 is 1.26 bits per heavy atom. The van der Waals surface area contributed by atoms with Crippen LogP contribution in [0.2, 0.25) is 0 Å². The highest BCUT2D eigenvalue weighted by molar-refractivity contribution is 14.0. The molecule has 2 rings (SSSR count). The Labute approximate surface area is 154 Å². The van der Waals surface area contributed by atoms with Gasteiger partial charge in [0.25, 0.3) is 0 Å². The minimum absolute atomic E-state index is 0. The van der Waals surface area contributed by atoms with Crippen molar-refractivity contribution in [3.8, 4) is 0 Å². The first kappa shape index (κ1) is 20.2. The zero-order valence-corrected chi connectivity index (χ0v) is 15.9. The van der Waals surface area contributed by atoms with Gasteiger partial charge >= 0.3 is 0 Å². The summed E-state index contributed by atoms with van der Waals surface area (Å²) in [6, 6.07) is 6.18. The number of aliphatic imine (C=N–C) groups is 1. The fraction of sp³-hybridized carbons (Fsp3) is 0.588. The number of benzene rings is 1. The molecule has 0 spiro atoms. The van der Waals surface area contributed by atoms with Gasteiger partial charge in [0.15, 0.2) is 5.96 Å². The molecule has 4 nitrogen and oxygen atoms in total. The van der Waals surface area contributed by atoms with Gasteiger partial charge in [0.2, 0.25) is 0 Å². The molecular formula is C17H27FIN3O. The maximum Gasteiger partial charge on any atom is 0.188 e. The Morgan fingerprint density at radius 3 is 2.39 bits per heavy atom. The Bertz CT molecular complexity index is 497. The topological polar surface area (TPSA) is 70.6 Å². The van der Waals surface area contributed by atoms with E-state index < -0.39 is 5.60 Å². The first-order valence-electron chi connectivity index (χ1n) is 8.02. The largest absolute Gasteiger partial charge is 0.384 e. The highest BCUT2D eigenvalue weighted by Crippen LogP contribution is 2.21. The van der Waals surface area contributed by atoms with E-state index >= 15 is 0 Å². The summed E-state index contributed by atoms with van der Waals surface area (Å²) in [5.74, 6) is 0.0480. The van der Waals surface area contributed by atoms with Crippen molar-refractivity contribution in [2.45, 2.75) is 57.1 Å². The fourth-order valence-corrected chi connectivity index (χ4v) is 2.82. The molecule has 1 aliphatic rings. The number of nitrogens with zero attached hydrogens (tertiary/aromatic N) is 1. The van der Waals surface area contributed by atoms with Crippen LogP contribution in [0.1, 0.15) is 51.0 Å².